The molecule has 2 rings (SSSR count). The Morgan fingerprint density at radius 2 is 2.33 bits per heavy atom. The van der Waals surface area contributed by atoms with E-state index in [1.807, 2.05) is 0 Å². The fraction of sp³-hybridized carbons (Fsp3) is 0.167. The first kappa shape index (κ1) is 7.48. The molecule has 0 atom stereocenters. The minimum absolute atomic E-state index is 0.442. The molecule has 0 amide bonds. The van der Waals surface area contributed by atoms with Gasteiger partial charge in [-0.3, -0.25) is 5.10 Å². The van der Waals surface area contributed by atoms with Crippen molar-refractivity contribution in [3.05, 3.63) is 16.6 Å². The number of nitrogens with zero attached hydrogens (tertiary/aromatic N) is 3. The molecule has 62 valence electrons. The Labute approximate surface area is 76.3 Å². The third-order valence-corrected chi connectivity index (χ3v) is 1.93. The van der Waals surface area contributed by atoms with Crippen molar-refractivity contribution >= 4 is 15.9 Å². The van der Waals surface area contributed by atoms with E-state index in [0.29, 0.717) is 17.5 Å². The second-order valence-electron chi connectivity index (χ2n) is 2.22. The summed E-state index contributed by atoms with van der Waals surface area (Å²) in [6, 6.07) is 0. The highest BCUT2D eigenvalue weighted by Crippen LogP contribution is 2.23. The Kier molecular flexibility index (Phi) is 1.69. The fourth-order valence-electron chi connectivity index (χ4n) is 0.819. The van der Waals surface area contributed by atoms with Crippen molar-refractivity contribution in [1.29, 1.82) is 0 Å². The average Bonchev–Trinajstić information content (AvgIpc) is 2.58. The van der Waals surface area contributed by atoms with Gasteiger partial charge in [0.25, 0.3) is 5.89 Å². The zero-order valence-electron chi connectivity index (χ0n) is 6.21. The predicted molar refractivity (Wildman–Crippen MR) is 44.3 cm³/mol. The third kappa shape index (κ3) is 1.14. The lowest BCUT2D eigenvalue weighted by molar-refractivity contribution is 0.530. The maximum absolute atomic E-state index is 5.19. The molecule has 0 aliphatic heterocycles. The van der Waals surface area contributed by atoms with Gasteiger partial charge in [0.15, 0.2) is 0 Å². The molecule has 0 radical (unpaired) electrons. The van der Waals surface area contributed by atoms with Crippen molar-refractivity contribution in [2.75, 3.05) is 0 Å². The maximum Gasteiger partial charge on any atom is 0.266 e. The van der Waals surface area contributed by atoms with Gasteiger partial charge < -0.3 is 4.42 Å². The van der Waals surface area contributed by atoms with Gasteiger partial charge in [0, 0.05) is 6.92 Å². The smallest absolute Gasteiger partial charge is 0.266 e. The van der Waals surface area contributed by atoms with Crippen LogP contribution >= 0.6 is 15.9 Å². The topological polar surface area (TPSA) is 67.6 Å². The number of hydrogen-bond acceptors (Lipinski definition) is 4. The molecule has 1 N–H and O–H groups in total. The number of aromatic amines is 1. The first-order valence-corrected chi connectivity index (χ1v) is 4.06. The van der Waals surface area contributed by atoms with Gasteiger partial charge in [-0.25, -0.2) is 0 Å². The second kappa shape index (κ2) is 2.71. The van der Waals surface area contributed by atoms with Gasteiger partial charge in [-0.05, 0) is 15.9 Å². The Morgan fingerprint density at radius 1 is 1.50 bits per heavy atom. The van der Waals surface area contributed by atoms with Crippen LogP contribution in [0.3, 0.4) is 0 Å². The van der Waals surface area contributed by atoms with Crippen LogP contribution in [-0.2, 0) is 0 Å². The molecule has 0 aliphatic rings. The van der Waals surface area contributed by atoms with Crippen molar-refractivity contribution < 1.29 is 4.42 Å². The maximum atomic E-state index is 5.19. The van der Waals surface area contributed by atoms with E-state index in [1.165, 1.54) is 0 Å². The molecule has 6 heteroatoms. The van der Waals surface area contributed by atoms with E-state index in [9.17, 15) is 0 Å². The summed E-state index contributed by atoms with van der Waals surface area (Å²) in [5.41, 5.74) is 0.704. The standard InChI is InChI=1S/C6H5BrN4O/c1-3-9-11-6(12-3)5-4(7)2-8-10-5/h2H,1H3,(H,8,10). The van der Waals surface area contributed by atoms with Crippen molar-refractivity contribution in [3.63, 3.8) is 0 Å². The average molecular weight is 229 g/mol. The van der Waals surface area contributed by atoms with Gasteiger partial charge in [0.1, 0.15) is 5.69 Å². The molecule has 0 fully saturated rings. The fourth-order valence-corrected chi connectivity index (χ4v) is 1.18. The van der Waals surface area contributed by atoms with Crippen molar-refractivity contribution in [1.82, 2.24) is 20.4 Å². The molecule has 0 saturated heterocycles. The van der Waals surface area contributed by atoms with Crippen LogP contribution in [0.5, 0.6) is 0 Å². The number of aryl methyl sites for hydroxylation is 1. The largest absolute Gasteiger partial charge is 0.420 e. The number of hydrogen-bond donors (Lipinski definition) is 1. The highest BCUT2D eigenvalue weighted by atomic mass is 79.9. The monoisotopic (exact) mass is 228 g/mol. The summed E-state index contributed by atoms with van der Waals surface area (Å²) in [6.07, 6.45) is 1.63. The summed E-state index contributed by atoms with van der Waals surface area (Å²) in [6.45, 7) is 1.74. The van der Waals surface area contributed by atoms with E-state index in [0.717, 1.165) is 4.47 Å². The molecule has 0 saturated carbocycles. The van der Waals surface area contributed by atoms with Crippen LogP contribution in [0.4, 0.5) is 0 Å². The Morgan fingerprint density at radius 3 is 2.83 bits per heavy atom. The summed E-state index contributed by atoms with van der Waals surface area (Å²) >= 11 is 3.29. The van der Waals surface area contributed by atoms with E-state index >= 15 is 0 Å². The first-order valence-electron chi connectivity index (χ1n) is 3.26. The molecule has 2 aromatic heterocycles. The molecule has 0 bridgehead atoms. The summed E-state index contributed by atoms with van der Waals surface area (Å²) in [4.78, 5) is 0. The summed E-state index contributed by atoms with van der Waals surface area (Å²) in [5, 5.41) is 14.1. The second-order valence-corrected chi connectivity index (χ2v) is 3.07. The molecule has 2 aromatic rings. The SMILES string of the molecule is Cc1nnc(-c2[nH]ncc2Br)o1. The van der Waals surface area contributed by atoms with Crippen LogP contribution in [-0.4, -0.2) is 20.4 Å². The molecule has 0 aromatic carbocycles. The Bertz CT molecular complexity index is 394. The number of rotatable bonds is 1. The normalized spacial score (nSPS) is 10.5. The molecule has 0 spiro atoms. The van der Waals surface area contributed by atoms with Crippen molar-refractivity contribution in [3.8, 4) is 11.6 Å². The number of aromatic nitrogens is 4. The van der Waals surface area contributed by atoms with Gasteiger partial charge in [0.2, 0.25) is 5.89 Å². The minimum Gasteiger partial charge on any atom is -0.420 e. The van der Waals surface area contributed by atoms with Crippen LogP contribution in [0.25, 0.3) is 11.6 Å². The predicted octanol–water partition coefficient (Wildman–Crippen LogP) is 1.53. The van der Waals surface area contributed by atoms with E-state index in [1.54, 1.807) is 13.1 Å². The van der Waals surface area contributed by atoms with Crippen LogP contribution < -0.4 is 0 Å². The van der Waals surface area contributed by atoms with E-state index in [2.05, 4.69) is 36.3 Å². The number of H-pyrrole nitrogens is 1. The highest BCUT2D eigenvalue weighted by molar-refractivity contribution is 9.10. The van der Waals surface area contributed by atoms with Crippen LogP contribution in [0, 0.1) is 6.92 Å². The van der Waals surface area contributed by atoms with Gasteiger partial charge in [-0.15, -0.1) is 10.2 Å². The number of halogens is 1. The van der Waals surface area contributed by atoms with Crippen LogP contribution in [0.2, 0.25) is 0 Å². The molecular formula is C6H5BrN4O. The molecule has 0 aliphatic carbocycles. The molecule has 2 heterocycles. The van der Waals surface area contributed by atoms with E-state index < -0.39 is 0 Å². The molecule has 5 nitrogen and oxygen atoms in total. The Balaban J connectivity index is 2.50. The van der Waals surface area contributed by atoms with E-state index in [-0.39, 0.29) is 0 Å². The lowest BCUT2D eigenvalue weighted by Crippen LogP contribution is -1.78. The zero-order chi connectivity index (χ0) is 8.55. The van der Waals surface area contributed by atoms with Crippen LogP contribution in [0.1, 0.15) is 5.89 Å². The first-order chi connectivity index (χ1) is 5.77. The molecule has 0 unspecified atom stereocenters. The lowest BCUT2D eigenvalue weighted by Gasteiger charge is -1.86. The van der Waals surface area contributed by atoms with Crippen molar-refractivity contribution in [2.45, 2.75) is 6.92 Å². The lowest BCUT2D eigenvalue weighted by atomic mass is 10.4. The van der Waals surface area contributed by atoms with Gasteiger partial charge in [-0.2, -0.15) is 5.10 Å². The van der Waals surface area contributed by atoms with Gasteiger partial charge in [-0.1, -0.05) is 0 Å². The number of nitrogens with one attached hydrogen (secondary N) is 1. The van der Waals surface area contributed by atoms with E-state index in [4.69, 9.17) is 4.42 Å². The summed E-state index contributed by atoms with van der Waals surface area (Å²) in [7, 11) is 0. The van der Waals surface area contributed by atoms with Gasteiger partial charge >= 0.3 is 0 Å². The third-order valence-electron chi connectivity index (χ3n) is 1.33. The van der Waals surface area contributed by atoms with Crippen molar-refractivity contribution in [2.24, 2.45) is 0 Å². The highest BCUT2D eigenvalue weighted by Gasteiger charge is 2.10. The zero-order valence-corrected chi connectivity index (χ0v) is 7.79. The quantitative estimate of drug-likeness (QED) is 0.804. The molecular weight excluding hydrogens is 224 g/mol. The molecule has 12 heavy (non-hydrogen) atoms. The summed E-state index contributed by atoms with van der Waals surface area (Å²) in [5.74, 6) is 0.975. The Hall–Kier alpha value is -1.17. The van der Waals surface area contributed by atoms with Gasteiger partial charge in [0.05, 0.1) is 10.7 Å². The van der Waals surface area contributed by atoms with Crippen LogP contribution in [0.15, 0.2) is 15.1 Å². The summed E-state index contributed by atoms with van der Waals surface area (Å²) < 4.78 is 6.00. The minimum atomic E-state index is 0.442.